The van der Waals surface area contributed by atoms with Gasteiger partial charge < -0.3 is 4.90 Å². The van der Waals surface area contributed by atoms with Gasteiger partial charge in [0.05, 0.1) is 12.2 Å². The maximum Gasteiger partial charge on any atom is 0.154 e. The molecule has 2 aliphatic rings. The number of hydrogen-bond donors (Lipinski definition) is 1. The largest absolute Gasteiger partial charge is 0.348 e. The van der Waals surface area contributed by atoms with E-state index in [9.17, 15) is 0 Å². The molecule has 1 aliphatic carbocycles. The lowest BCUT2D eigenvalue weighted by molar-refractivity contribution is 0.501. The molecule has 1 unspecified atom stereocenters. The highest BCUT2D eigenvalue weighted by atomic mass is 32.1. The third kappa shape index (κ3) is 2.37. The lowest BCUT2D eigenvalue weighted by Gasteiger charge is -2.26. The van der Waals surface area contributed by atoms with E-state index >= 15 is 0 Å². The third-order valence-electron chi connectivity index (χ3n) is 4.76. The lowest BCUT2D eigenvalue weighted by atomic mass is 9.93. The second-order valence-corrected chi connectivity index (χ2v) is 7.67. The monoisotopic (exact) mass is 302 g/mol. The Kier molecular flexibility index (Phi) is 3.25. The Balaban J connectivity index is 1.57. The topological polar surface area (TPSA) is 44.8 Å². The summed E-state index contributed by atoms with van der Waals surface area (Å²) in [5.41, 5.74) is 3.99. The first-order valence-electron chi connectivity index (χ1n) is 7.97. The summed E-state index contributed by atoms with van der Waals surface area (Å²) in [5, 5.41) is 8.91. The summed E-state index contributed by atoms with van der Waals surface area (Å²) in [6.45, 7) is 6.49. The number of fused-ring (bicyclic) bond motifs is 2. The molecule has 0 spiro atoms. The molecule has 2 aromatic rings. The number of rotatable bonds is 2. The number of H-pyrrole nitrogens is 1. The molecule has 0 fully saturated rings. The van der Waals surface area contributed by atoms with E-state index in [1.54, 1.807) is 0 Å². The molecule has 21 heavy (non-hydrogen) atoms. The third-order valence-corrected chi connectivity index (χ3v) is 5.87. The Morgan fingerprint density at radius 2 is 2.29 bits per heavy atom. The average Bonchev–Trinajstić information content (AvgIpc) is 3.03. The fraction of sp³-hybridized carbons (Fsp3) is 0.625. The molecule has 0 bridgehead atoms. The van der Waals surface area contributed by atoms with Crippen molar-refractivity contribution < 1.29 is 0 Å². The molecule has 1 atom stereocenters. The SMILES string of the molecule is Cc1[nH]nc2c1CCCN2Cc1nc2c(s1)CC(C)CC2. The molecule has 0 saturated carbocycles. The van der Waals surface area contributed by atoms with Crippen LogP contribution in [0.1, 0.15) is 46.6 Å². The molecule has 3 heterocycles. The molecule has 0 saturated heterocycles. The summed E-state index contributed by atoms with van der Waals surface area (Å²) in [4.78, 5) is 8.82. The predicted molar refractivity (Wildman–Crippen MR) is 86.0 cm³/mol. The van der Waals surface area contributed by atoms with Gasteiger partial charge in [0.1, 0.15) is 5.01 Å². The van der Waals surface area contributed by atoms with Crippen molar-refractivity contribution in [1.29, 1.82) is 0 Å². The van der Waals surface area contributed by atoms with Crippen molar-refractivity contribution in [1.82, 2.24) is 15.2 Å². The number of thiazole rings is 1. The van der Waals surface area contributed by atoms with Crippen LogP contribution in [0.3, 0.4) is 0 Å². The zero-order valence-corrected chi connectivity index (χ0v) is 13.6. The maximum atomic E-state index is 4.90. The highest BCUT2D eigenvalue weighted by molar-refractivity contribution is 7.11. The summed E-state index contributed by atoms with van der Waals surface area (Å²) in [5.74, 6) is 1.97. The first-order chi connectivity index (χ1) is 10.2. The van der Waals surface area contributed by atoms with E-state index < -0.39 is 0 Å². The summed E-state index contributed by atoms with van der Waals surface area (Å²) in [6.07, 6.45) is 6.05. The Morgan fingerprint density at radius 1 is 1.38 bits per heavy atom. The summed E-state index contributed by atoms with van der Waals surface area (Å²) in [6, 6.07) is 0. The van der Waals surface area contributed by atoms with Crippen molar-refractivity contribution in [3.63, 3.8) is 0 Å². The number of nitrogens with zero attached hydrogens (tertiary/aromatic N) is 3. The molecule has 4 rings (SSSR count). The molecule has 0 amide bonds. The highest BCUT2D eigenvalue weighted by Gasteiger charge is 2.24. The van der Waals surface area contributed by atoms with Crippen LogP contribution >= 0.6 is 11.3 Å². The number of nitrogens with one attached hydrogen (secondary N) is 1. The van der Waals surface area contributed by atoms with Crippen LogP contribution < -0.4 is 4.90 Å². The summed E-state index contributed by atoms with van der Waals surface area (Å²) in [7, 11) is 0. The summed E-state index contributed by atoms with van der Waals surface area (Å²) >= 11 is 1.92. The minimum absolute atomic E-state index is 0.821. The van der Waals surface area contributed by atoms with Crippen molar-refractivity contribution in [2.75, 3.05) is 11.4 Å². The number of aryl methyl sites for hydroxylation is 2. The number of anilines is 1. The van der Waals surface area contributed by atoms with Crippen molar-refractivity contribution in [2.45, 2.75) is 52.5 Å². The van der Waals surface area contributed by atoms with Crippen LogP contribution in [0.5, 0.6) is 0 Å². The summed E-state index contributed by atoms with van der Waals surface area (Å²) < 4.78 is 0. The van der Waals surface area contributed by atoms with Gasteiger partial charge in [-0.05, 0) is 44.9 Å². The first kappa shape index (κ1) is 13.3. The van der Waals surface area contributed by atoms with Gasteiger partial charge in [0, 0.05) is 22.7 Å². The van der Waals surface area contributed by atoms with Crippen LogP contribution in [0.4, 0.5) is 5.82 Å². The number of aromatic nitrogens is 3. The van der Waals surface area contributed by atoms with Crippen LogP contribution in [0.2, 0.25) is 0 Å². The quantitative estimate of drug-likeness (QED) is 0.926. The van der Waals surface area contributed by atoms with Gasteiger partial charge in [-0.1, -0.05) is 6.92 Å². The maximum absolute atomic E-state index is 4.90. The Bertz CT molecular complexity index is 657. The second-order valence-electron chi connectivity index (χ2n) is 6.50. The van der Waals surface area contributed by atoms with Crippen LogP contribution in [0.15, 0.2) is 0 Å². The van der Waals surface area contributed by atoms with E-state index in [2.05, 4.69) is 28.9 Å². The molecule has 5 heteroatoms. The highest BCUT2D eigenvalue weighted by Crippen LogP contribution is 2.32. The van der Waals surface area contributed by atoms with E-state index in [0.29, 0.717) is 0 Å². The van der Waals surface area contributed by atoms with Gasteiger partial charge in [-0.2, -0.15) is 5.10 Å². The van der Waals surface area contributed by atoms with Gasteiger partial charge in [-0.3, -0.25) is 5.10 Å². The minimum Gasteiger partial charge on any atom is -0.348 e. The average molecular weight is 302 g/mol. The van der Waals surface area contributed by atoms with Crippen LogP contribution in [0, 0.1) is 12.8 Å². The van der Waals surface area contributed by atoms with E-state index in [1.165, 1.54) is 52.5 Å². The second kappa shape index (κ2) is 5.13. The minimum atomic E-state index is 0.821. The Morgan fingerprint density at radius 3 is 3.19 bits per heavy atom. The van der Waals surface area contributed by atoms with E-state index in [1.807, 2.05) is 11.3 Å². The zero-order chi connectivity index (χ0) is 14.4. The number of hydrogen-bond acceptors (Lipinski definition) is 4. The molecule has 1 N–H and O–H groups in total. The fourth-order valence-corrected chi connectivity index (χ4v) is 4.83. The lowest BCUT2D eigenvalue weighted by Crippen LogP contribution is -2.28. The smallest absolute Gasteiger partial charge is 0.154 e. The first-order valence-corrected chi connectivity index (χ1v) is 8.78. The molecule has 2 aromatic heterocycles. The van der Waals surface area contributed by atoms with Crippen LogP contribution in [-0.4, -0.2) is 21.7 Å². The predicted octanol–water partition coefficient (Wildman–Crippen LogP) is 3.25. The molecule has 112 valence electrons. The Labute approximate surface area is 129 Å². The van der Waals surface area contributed by atoms with Gasteiger partial charge in [0.2, 0.25) is 0 Å². The molecule has 1 aliphatic heterocycles. The van der Waals surface area contributed by atoms with Gasteiger partial charge in [0.25, 0.3) is 0 Å². The van der Waals surface area contributed by atoms with E-state index in [-0.39, 0.29) is 0 Å². The molecule has 0 radical (unpaired) electrons. The fourth-order valence-electron chi connectivity index (χ4n) is 3.53. The normalized spacial score (nSPS) is 21.2. The van der Waals surface area contributed by atoms with Crippen molar-refractivity contribution >= 4 is 17.2 Å². The van der Waals surface area contributed by atoms with Crippen LogP contribution in [0.25, 0.3) is 0 Å². The van der Waals surface area contributed by atoms with E-state index in [0.717, 1.165) is 31.2 Å². The zero-order valence-electron chi connectivity index (χ0n) is 12.8. The molecular weight excluding hydrogens is 280 g/mol. The number of aromatic amines is 1. The van der Waals surface area contributed by atoms with Crippen molar-refractivity contribution in [3.05, 3.63) is 26.8 Å². The van der Waals surface area contributed by atoms with Crippen molar-refractivity contribution in [3.8, 4) is 0 Å². The Hall–Kier alpha value is -1.36. The molecule has 4 nitrogen and oxygen atoms in total. The van der Waals surface area contributed by atoms with Gasteiger partial charge in [0.15, 0.2) is 5.82 Å². The van der Waals surface area contributed by atoms with Crippen LogP contribution in [-0.2, 0) is 25.8 Å². The van der Waals surface area contributed by atoms with Gasteiger partial charge >= 0.3 is 0 Å². The molecule has 0 aromatic carbocycles. The van der Waals surface area contributed by atoms with Gasteiger partial charge in [-0.15, -0.1) is 11.3 Å². The standard InChI is InChI=1S/C16H22N4S/c1-10-5-6-13-14(8-10)21-15(17-13)9-20-7-3-4-12-11(2)18-19-16(12)20/h10H,3-9H2,1-2H3,(H,18,19). The van der Waals surface area contributed by atoms with Crippen molar-refractivity contribution in [2.24, 2.45) is 5.92 Å². The van der Waals surface area contributed by atoms with Gasteiger partial charge in [-0.25, -0.2) is 4.98 Å². The van der Waals surface area contributed by atoms with E-state index in [4.69, 9.17) is 4.98 Å². The molecular formula is C16H22N4S.